The van der Waals surface area contributed by atoms with Crippen molar-refractivity contribution < 1.29 is 19.1 Å². The van der Waals surface area contributed by atoms with Crippen LogP contribution >= 0.6 is 0 Å². The van der Waals surface area contributed by atoms with E-state index >= 15 is 0 Å². The molecule has 1 fully saturated rings. The number of rotatable bonds is 5. The van der Waals surface area contributed by atoms with E-state index in [-0.39, 0.29) is 11.9 Å². The Kier molecular flexibility index (Phi) is 6.20. The number of amides is 2. The van der Waals surface area contributed by atoms with E-state index in [0.717, 1.165) is 12.0 Å². The number of benzene rings is 1. The number of hydrogen-bond donors (Lipinski definition) is 2. The van der Waals surface area contributed by atoms with Crippen LogP contribution in [0, 0.1) is 0 Å². The molecule has 2 N–H and O–H groups in total. The monoisotopic (exact) mass is 334 g/mol. The Bertz CT molecular complexity index is 548. The van der Waals surface area contributed by atoms with Gasteiger partial charge >= 0.3 is 6.09 Å². The highest BCUT2D eigenvalue weighted by atomic mass is 16.6. The molecule has 0 saturated carbocycles. The highest BCUT2D eigenvalue weighted by Gasteiger charge is 2.27. The van der Waals surface area contributed by atoms with Crippen molar-refractivity contribution in [2.75, 3.05) is 13.2 Å². The standard InChI is InChI=1S/C18H26N2O4/c1-18(2,3)24-17(22)20-15(11-13-7-5-4-6-8-13)16(21)19-14-9-10-23-12-14/h4-8,14-15H,9-12H2,1-3H3,(H,19,21)(H,20,22)/t14-,15?/m0/s1. The van der Waals surface area contributed by atoms with E-state index in [9.17, 15) is 9.59 Å². The van der Waals surface area contributed by atoms with E-state index < -0.39 is 17.7 Å². The van der Waals surface area contributed by atoms with Gasteiger partial charge in [0.1, 0.15) is 11.6 Å². The summed E-state index contributed by atoms with van der Waals surface area (Å²) in [4.78, 5) is 24.6. The van der Waals surface area contributed by atoms with E-state index in [1.807, 2.05) is 30.3 Å². The minimum Gasteiger partial charge on any atom is -0.444 e. The van der Waals surface area contributed by atoms with Crippen molar-refractivity contribution in [3.8, 4) is 0 Å². The fourth-order valence-corrected chi connectivity index (χ4v) is 2.46. The van der Waals surface area contributed by atoms with Crippen LogP contribution in [0.1, 0.15) is 32.8 Å². The number of hydrogen-bond acceptors (Lipinski definition) is 4. The normalized spacial score (nSPS) is 18.7. The van der Waals surface area contributed by atoms with Crippen molar-refractivity contribution in [1.29, 1.82) is 0 Å². The van der Waals surface area contributed by atoms with E-state index in [0.29, 0.717) is 19.6 Å². The van der Waals surface area contributed by atoms with Crippen LogP contribution < -0.4 is 10.6 Å². The fourth-order valence-electron chi connectivity index (χ4n) is 2.46. The third kappa shape index (κ3) is 6.20. The fraction of sp³-hybridized carbons (Fsp3) is 0.556. The molecule has 0 bridgehead atoms. The Morgan fingerprint density at radius 3 is 2.58 bits per heavy atom. The van der Waals surface area contributed by atoms with Crippen LogP contribution in [0.4, 0.5) is 4.79 Å². The predicted octanol–water partition coefficient (Wildman–Crippen LogP) is 2.03. The molecule has 1 aromatic carbocycles. The van der Waals surface area contributed by atoms with Crippen molar-refractivity contribution in [3.05, 3.63) is 35.9 Å². The van der Waals surface area contributed by atoms with Crippen molar-refractivity contribution in [2.45, 2.75) is 51.3 Å². The van der Waals surface area contributed by atoms with Gasteiger partial charge in [-0.15, -0.1) is 0 Å². The molecule has 2 rings (SSSR count). The molecule has 6 nitrogen and oxygen atoms in total. The molecule has 0 spiro atoms. The zero-order valence-corrected chi connectivity index (χ0v) is 14.5. The first-order valence-corrected chi connectivity index (χ1v) is 8.25. The summed E-state index contributed by atoms with van der Waals surface area (Å²) >= 11 is 0. The minimum atomic E-state index is -0.692. The maximum atomic E-state index is 12.6. The van der Waals surface area contributed by atoms with Crippen molar-refractivity contribution in [2.24, 2.45) is 0 Å². The molecule has 2 amide bonds. The third-order valence-corrected chi connectivity index (χ3v) is 3.57. The molecule has 1 aliphatic heterocycles. The molecule has 132 valence electrons. The molecular weight excluding hydrogens is 308 g/mol. The average molecular weight is 334 g/mol. The van der Waals surface area contributed by atoms with Gasteiger partial charge in [0.15, 0.2) is 0 Å². The van der Waals surface area contributed by atoms with Gasteiger partial charge in [0, 0.05) is 13.0 Å². The van der Waals surface area contributed by atoms with E-state index in [2.05, 4.69) is 10.6 Å². The van der Waals surface area contributed by atoms with Crippen LogP contribution in [0.2, 0.25) is 0 Å². The van der Waals surface area contributed by atoms with E-state index in [4.69, 9.17) is 9.47 Å². The van der Waals surface area contributed by atoms with Gasteiger partial charge in [-0.05, 0) is 32.8 Å². The lowest BCUT2D eigenvalue weighted by molar-refractivity contribution is -0.123. The maximum Gasteiger partial charge on any atom is 0.408 e. The summed E-state index contributed by atoms with van der Waals surface area (Å²) in [6.45, 7) is 6.52. The number of alkyl carbamates (subject to hydrolysis) is 1. The Hall–Kier alpha value is -2.08. The number of carbonyl (C=O) groups excluding carboxylic acids is 2. The topological polar surface area (TPSA) is 76.7 Å². The summed E-state index contributed by atoms with van der Waals surface area (Å²) in [5, 5.41) is 5.61. The van der Waals surface area contributed by atoms with Crippen LogP contribution in [-0.4, -0.2) is 42.9 Å². The summed E-state index contributed by atoms with van der Waals surface area (Å²) in [6.07, 6.45) is 0.594. The van der Waals surface area contributed by atoms with E-state index in [1.54, 1.807) is 20.8 Å². The van der Waals surface area contributed by atoms with Gasteiger partial charge in [0.05, 0.1) is 12.6 Å². The summed E-state index contributed by atoms with van der Waals surface area (Å²) < 4.78 is 10.5. The molecular formula is C18H26N2O4. The molecule has 1 aromatic rings. The Morgan fingerprint density at radius 2 is 2.00 bits per heavy atom. The first-order chi connectivity index (χ1) is 11.3. The quantitative estimate of drug-likeness (QED) is 0.864. The molecule has 0 aromatic heterocycles. The number of nitrogens with one attached hydrogen (secondary N) is 2. The molecule has 1 unspecified atom stereocenters. The summed E-state index contributed by atoms with van der Waals surface area (Å²) in [6, 6.07) is 8.88. The molecule has 1 heterocycles. The van der Waals surface area contributed by atoms with Crippen molar-refractivity contribution >= 4 is 12.0 Å². The summed E-state index contributed by atoms with van der Waals surface area (Å²) in [7, 11) is 0. The zero-order chi connectivity index (χ0) is 17.6. The van der Waals surface area contributed by atoms with Gasteiger partial charge in [0.25, 0.3) is 0 Å². The second kappa shape index (κ2) is 8.15. The van der Waals surface area contributed by atoms with Gasteiger partial charge in [-0.2, -0.15) is 0 Å². The van der Waals surface area contributed by atoms with Gasteiger partial charge in [-0.3, -0.25) is 4.79 Å². The number of ether oxygens (including phenoxy) is 2. The largest absolute Gasteiger partial charge is 0.444 e. The highest BCUT2D eigenvalue weighted by molar-refractivity contribution is 5.86. The molecule has 2 atom stereocenters. The first kappa shape index (κ1) is 18.3. The maximum absolute atomic E-state index is 12.6. The second-order valence-corrected chi connectivity index (χ2v) is 6.96. The van der Waals surface area contributed by atoms with E-state index in [1.165, 1.54) is 0 Å². The second-order valence-electron chi connectivity index (χ2n) is 6.96. The lowest BCUT2D eigenvalue weighted by atomic mass is 10.0. The molecule has 6 heteroatoms. The third-order valence-electron chi connectivity index (χ3n) is 3.57. The lowest BCUT2D eigenvalue weighted by Crippen LogP contribution is -2.51. The van der Waals surface area contributed by atoms with Crippen LogP contribution in [0.5, 0.6) is 0 Å². The van der Waals surface area contributed by atoms with Gasteiger partial charge < -0.3 is 20.1 Å². The molecule has 0 aliphatic carbocycles. The van der Waals surface area contributed by atoms with Crippen LogP contribution in [0.15, 0.2) is 30.3 Å². The summed E-state index contributed by atoms with van der Waals surface area (Å²) in [5.74, 6) is -0.222. The average Bonchev–Trinajstić information content (AvgIpc) is 2.98. The highest BCUT2D eigenvalue weighted by Crippen LogP contribution is 2.10. The van der Waals surface area contributed by atoms with Crippen molar-refractivity contribution in [3.63, 3.8) is 0 Å². The smallest absolute Gasteiger partial charge is 0.408 e. The predicted molar refractivity (Wildman–Crippen MR) is 90.7 cm³/mol. The molecule has 1 saturated heterocycles. The van der Waals surface area contributed by atoms with Gasteiger partial charge in [-0.1, -0.05) is 30.3 Å². The first-order valence-electron chi connectivity index (χ1n) is 8.25. The minimum absolute atomic E-state index is 0.00351. The van der Waals surface area contributed by atoms with Gasteiger partial charge in [-0.25, -0.2) is 4.79 Å². The summed E-state index contributed by atoms with van der Waals surface area (Å²) in [5.41, 5.74) is 0.355. The van der Waals surface area contributed by atoms with Crippen LogP contribution in [0.25, 0.3) is 0 Å². The van der Waals surface area contributed by atoms with Crippen LogP contribution in [-0.2, 0) is 20.7 Å². The Morgan fingerprint density at radius 1 is 1.29 bits per heavy atom. The molecule has 1 aliphatic rings. The molecule has 24 heavy (non-hydrogen) atoms. The van der Waals surface area contributed by atoms with Crippen molar-refractivity contribution in [1.82, 2.24) is 10.6 Å². The lowest BCUT2D eigenvalue weighted by Gasteiger charge is -2.24. The van der Waals surface area contributed by atoms with Gasteiger partial charge in [0.2, 0.25) is 5.91 Å². The Labute approximate surface area is 142 Å². The number of carbonyl (C=O) groups is 2. The van der Waals surface area contributed by atoms with Crippen LogP contribution in [0.3, 0.4) is 0 Å². The molecule has 0 radical (unpaired) electrons. The zero-order valence-electron chi connectivity index (χ0n) is 14.5. The Balaban J connectivity index is 2.02. The SMILES string of the molecule is CC(C)(C)OC(=O)NC(Cc1ccccc1)C(=O)N[C@H]1CCOC1.